The average molecular weight is 224 g/mol. The van der Waals surface area contributed by atoms with Crippen LogP contribution in [-0.2, 0) is 0 Å². The van der Waals surface area contributed by atoms with Gasteiger partial charge in [0, 0.05) is 25.2 Å². The number of likely N-dealkylation sites (tertiary alicyclic amines) is 1. The van der Waals surface area contributed by atoms with E-state index in [4.69, 9.17) is 0 Å². The van der Waals surface area contributed by atoms with E-state index in [1.807, 2.05) is 0 Å². The molecule has 0 amide bonds. The summed E-state index contributed by atoms with van der Waals surface area (Å²) in [6.45, 7) is 11.0. The van der Waals surface area contributed by atoms with Crippen LogP contribution in [-0.4, -0.2) is 36.6 Å². The lowest BCUT2D eigenvalue weighted by Gasteiger charge is -2.27. The standard InChI is InChI=1S/C14H28N2/c1-4-14(9-15-13-5-6-13)16-8-7-12(10-16)11(2)3/h11-15H,4-10H2,1-3H3. The zero-order valence-electron chi connectivity index (χ0n) is 11.2. The fraction of sp³-hybridized carbons (Fsp3) is 1.00. The van der Waals surface area contributed by atoms with Crippen molar-refractivity contribution in [3.05, 3.63) is 0 Å². The van der Waals surface area contributed by atoms with Crippen molar-refractivity contribution in [2.75, 3.05) is 19.6 Å². The molecule has 2 atom stereocenters. The number of nitrogens with zero attached hydrogens (tertiary/aromatic N) is 1. The lowest BCUT2D eigenvalue weighted by Crippen LogP contribution is -2.41. The molecule has 0 aromatic rings. The Morgan fingerprint density at radius 1 is 1.25 bits per heavy atom. The van der Waals surface area contributed by atoms with Crippen LogP contribution in [0.5, 0.6) is 0 Å². The third-order valence-corrected chi connectivity index (χ3v) is 4.41. The zero-order chi connectivity index (χ0) is 11.5. The largest absolute Gasteiger partial charge is 0.312 e. The first-order valence-electron chi connectivity index (χ1n) is 7.18. The molecule has 16 heavy (non-hydrogen) atoms. The van der Waals surface area contributed by atoms with Crippen molar-refractivity contribution in [2.24, 2.45) is 11.8 Å². The van der Waals surface area contributed by atoms with E-state index in [0.717, 1.165) is 23.9 Å². The second-order valence-electron chi connectivity index (χ2n) is 6.03. The van der Waals surface area contributed by atoms with Crippen LogP contribution < -0.4 is 5.32 Å². The molecule has 0 radical (unpaired) electrons. The topological polar surface area (TPSA) is 15.3 Å². The van der Waals surface area contributed by atoms with Gasteiger partial charge in [0.25, 0.3) is 0 Å². The highest BCUT2D eigenvalue weighted by molar-refractivity contribution is 4.87. The maximum atomic E-state index is 3.69. The van der Waals surface area contributed by atoms with Crippen LogP contribution in [0.2, 0.25) is 0 Å². The van der Waals surface area contributed by atoms with Gasteiger partial charge in [0.2, 0.25) is 0 Å². The normalized spacial score (nSPS) is 28.9. The van der Waals surface area contributed by atoms with Crippen molar-refractivity contribution in [3.63, 3.8) is 0 Å². The summed E-state index contributed by atoms with van der Waals surface area (Å²) in [5.41, 5.74) is 0. The molecule has 1 saturated carbocycles. The molecule has 2 unspecified atom stereocenters. The molecule has 1 N–H and O–H groups in total. The highest BCUT2D eigenvalue weighted by Crippen LogP contribution is 2.26. The predicted octanol–water partition coefficient (Wildman–Crippen LogP) is 2.49. The van der Waals surface area contributed by atoms with Gasteiger partial charge in [-0.15, -0.1) is 0 Å². The molecule has 2 rings (SSSR count). The van der Waals surface area contributed by atoms with Crippen LogP contribution >= 0.6 is 0 Å². The minimum absolute atomic E-state index is 0.782. The van der Waals surface area contributed by atoms with Gasteiger partial charge in [-0.3, -0.25) is 4.90 Å². The molecule has 2 nitrogen and oxygen atoms in total. The lowest BCUT2D eigenvalue weighted by molar-refractivity contribution is 0.213. The van der Waals surface area contributed by atoms with Gasteiger partial charge in [-0.25, -0.2) is 0 Å². The molecule has 94 valence electrons. The minimum atomic E-state index is 0.782. The van der Waals surface area contributed by atoms with Crippen molar-refractivity contribution >= 4 is 0 Å². The van der Waals surface area contributed by atoms with Gasteiger partial charge in [0.15, 0.2) is 0 Å². The monoisotopic (exact) mass is 224 g/mol. The van der Waals surface area contributed by atoms with Crippen LogP contribution in [0.3, 0.4) is 0 Å². The molecule has 2 aliphatic rings. The number of rotatable bonds is 6. The molecule has 2 heteroatoms. The van der Waals surface area contributed by atoms with Gasteiger partial charge in [-0.05, 0) is 44.1 Å². The summed E-state index contributed by atoms with van der Waals surface area (Å²) in [6, 6.07) is 1.64. The Hall–Kier alpha value is -0.0800. The minimum Gasteiger partial charge on any atom is -0.312 e. The Bertz CT molecular complexity index is 211. The second-order valence-corrected chi connectivity index (χ2v) is 6.03. The first-order valence-corrected chi connectivity index (χ1v) is 7.18. The second kappa shape index (κ2) is 5.50. The third kappa shape index (κ3) is 3.21. The predicted molar refractivity (Wildman–Crippen MR) is 69.6 cm³/mol. The molecule has 1 aliphatic carbocycles. The molecule has 1 aliphatic heterocycles. The molecule has 1 heterocycles. The summed E-state index contributed by atoms with van der Waals surface area (Å²) in [7, 11) is 0. The Morgan fingerprint density at radius 3 is 2.50 bits per heavy atom. The van der Waals surface area contributed by atoms with Gasteiger partial charge in [0.05, 0.1) is 0 Å². The highest BCUT2D eigenvalue weighted by atomic mass is 15.2. The lowest BCUT2D eigenvalue weighted by atomic mass is 9.95. The van der Waals surface area contributed by atoms with E-state index in [9.17, 15) is 0 Å². The van der Waals surface area contributed by atoms with Crippen molar-refractivity contribution in [1.82, 2.24) is 10.2 Å². The van der Waals surface area contributed by atoms with Crippen molar-refractivity contribution in [2.45, 2.75) is 58.5 Å². The average Bonchev–Trinajstić information content (AvgIpc) is 2.94. The van der Waals surface area contributed by atoms with Crippen molar-refractivity contribution < 1.29 is 0 Å². The molecule has 0 bridgehead atoms. The van der Waals surface area contributed by atoms with Gasteiger partial charge in [-0.2, -0.15) is 0 Å². The smallest absolute Gasteiger partial charge is 0.0218 e. The van der Waals surface area contributed by atoms with Crippen LogP contribution in [0.1, 0.15) is 46.5 Å². The third-order valence-electron chi connectivity index (χ3n) is 4.41. The van der Waals surface area contributed by atoms with E-state index in [1.165, 1.54) is 45.3 Å². The first kappa shape index (κ1) is 12.4. The summed E-state index contributed by atoms with van der Waals surface area (Å²) < 4.78 is 0. The van der Waals surface area contributed by atoms with Crippen molar-refractivity contribution in [1.29, 1.82) is 0 Å². The fourth-order valence-corrected chi connectivity index (χ4v) is 2.81. The van der Waals surface area contributed by atoms with Gasteiger partial charge >= 0.3 is 0 Å². The molecular weight excluding hydrogens is 196 g/mol. The molecule has 1 saturated heterocycles. The van der Waals surface area contributed by atoms with Gasteiger partial charge < -0.3 is 5.32 Å². The first-order chi connectivity index (χ1) is 7.70. The molecule has 0 spiro atoms. The number of hydrogen-bond donors (Lipinski definition) is 1. The van der Waals surface area contributed by atoms with Crippen LogP contribution in [0.15, 0.2) is 0 Å². The van der Waals surface area contributed by atoms with Gasteiger partial charge in [0.1, 0.15) is 0 Å². The van der Waals surface area contributed by atoms with E-state index in [2.05, 4.69) is 31.0 Å². The van der Waals surface area contributed by atoms with Crippen molar-refractivity contribution in [3.8, 4) is 0 Å². The molecule has 0 aromatic carbocycles. The van der Waals surface area contributed by atoms with E-state index >= 15 is 0 Å². The Labute approximate surface area is 101 Å². The van der Waals surface area contributed by atoms with E-state index < -0.39 is 0 Å². The summed E-state index contributed by atoms with van der Waals surface area (Å²) in [5.74, 6) is 1.80. The van der Waals surface area contributed by atoms with Gasteiger partial charge in [-0.1, -0.05) is 20.8 Å². The molecule has 0 aromatic heterocycles. The maximum absolute atomic E-state index is 3.69. The number of nitrogens with one attached hydrogen (secondary N) is 1. The zero-order valence-corrected chi connectivity index (χ0v) is 11.2. The Kier molecular flexibility index (Phi) is 4.26. The summed E-state index contributed by atoms with van der Waals surface area (Å²) in [4.78, 5) is 2.72. The fourth-order valence-electron chi connectivity index (χ4n) is 2.81. The Balaban J connectivity index is 1.75. The molecular formula is C14H28N2. The summed E-state index contributed by atoms with van der Waals surface area (Å²) in [5, 5.41) is 3.69. The quantitative estimate of drug-likeness (QED) is 0.746. The molecule has 2 fully saturated rings. The Morgan fingerprint density at radius 2 is 2.00 bits per heavy atom. The summed E-state index contributed by atoms with van der Waals surface area (Å²) >= 11 is 0. The maximum Gasteiger partial charge on any atom is 0.0218 e. The SMILES string of the molecule is CCC(CNC1CC1)N1CCC(C(C)C)C1. The van der Waals surface area contributed by atoms with Crippen LogP contribution in [0.25, 0.3) is 0 Å². The number of hydrogen-bond acceptors (Lipinski definition) is 2. The van der Waals surface area contributed by atoms with Crippen LogP contribution in [0, 0.1) is 11.8 Å². The van der Waals surface area contributed by atoms with E-state index in [0.29, 0.717) is 0 Å². The summed E-state index contributed by atoms with van der Waals surface area (Å²) in [6.07, 6.45) is 5.53. The highest BCUT2D eigenvalue weighted by Gasteiger charge is 2.30. The van der Waals surface area contributed by atoms with E-state index in [-0.39, 0.29) is 0 Å². The van der Waals surface area contributed by atoms with E-state index in [1.54, 1.807) is 0 Å². The van der Waals surface area contributed by atoms with Crippen LogP contribution in [0.4, 0.5) is 0 Å².